The molecule has 1 amide bonds. The maximum absolute atomic E-state index is 12.0. The molecule has 6 heteroatoms. The van der Waals surface area contributed by atoms with Gasteiger partial charge in [-0.05, 0) is 59.5 Å². The summed E-state index contributed by atoms with van der Waals surface area (Å²) in [6.07, 6.45) is 2.11. The highest BCUT2D eigenvalue weighted by atomic mass is 127. The van der Waals surface area contributed by atoms with E-state index in [1.54, 1.807) is 11.0 Å². The largest absolute Gasteiger partial charge is 0.507 e. The molecule has 1 N–H and O–H groups in total. The molecule has 0 radical (unpaired) electrons. The summed E-state index contributed by atoms with van der Waals surface area (Å²) >= 11 is 2.04. The average molecular weight is 403 g/mol. The molecule has 0 aliphatic carbocycles. The number of nitrogens with zero attached hydrogens (tertiary/aromatic N) is 1. The molecule has 1 heterocycles. The summed E-state index contributed by atoms with van der Waals surface area (Å²) < 4.78 is 5.83. The van der Waals surface area contributed by atoms with Gasteiger partial charge in [0.1, 0.15) is 11.3 Å². The van der Waals surface area contributed by atoms with Gasteiger partial charge in [-0.2, -0.15) is 0 Å². The van der Waals surface area contributed by atoms with Gasteiger partial charge in [-0.1, -0.05) is 6.92 Å². The molecule has 1 aromatic rings. The molecule has 1 saturated heterocycles. The van der Waals surface area contributed by atoms with E-state index in [1.807, 2.05) is 22.6 Å². The molecule has 1 aliphatic rings. The Hall–Kier alpha value is -1.31. The number of halogens is 1. The van der Waals surface area contributed by atoms with Crippen molar-refractivity contribution in [3.05, 3.63) is 27.3 Å². The van der Waals surface area contributed by atoms with Crippen LogP contribution in [0.25, 0.3) is 0 Å². The van der Waals surface area contributed by atoms with E-state index in [0.717, 1.165) is 23.0 Å². The van der Waals surface area contributed by atoms with E-state index in [0.29, 0.717) is 12.5 Å². The quantitative estimate of drug-likeness (QED) is 0.622. The zero-order valence-corrected chi connectivity index (χ0v) is 14.0. The third-order valence-electron chi connectivity index (χ3n) is 3.51. The highest BCUT2D eigenvalue weighted by Crippen LogP contribution is 2.21. The van der Waals surface area contributed by atoms with Crippen LogP contribution in [0.3, 0.4) is 0 Å². The number of phenols is 1. The van der Waals surface area contributed by atoms with Gasteiger partial charge in [0.15, 0.2) is 6.61 Å². The van der Waals surface area contributed by atoms with Gasteiger partial charge < -0.3 is 14.7 Å². The van der Waals surface area contributed by atoms with Gasteiger partial charge in [-0.15, -0.1) is 0 Å². The number of ether oxygens (including phenoxy) is 1. The molecule has 1 unspecified atom stereocenters. The molecule has 1 fully saturated rings. The predicted molar refractivity (Wildman–Crippen MR) is 86.1 cm³/mol. The Morgan fingerprint density at radius 3 is 2.95 bits per heavy atom. The fourth-order valence-electron chi connectivity index (χ4n) is 2.38. The Balaban J connectivity index is 1.91. The molecule has 1 atom stereocenters. The first kappa shape index (κ1) is 16.1. The summed E-state index contributed by atoms with van der Waals surface area (Å²) in [5.74, 6) is -0.512. The highest BCUT2D eigenvalue weighted by Gasteiger charge is 2.22. The lowest BCUT2D eigenvalue weighted by Gasteiger charge is -2.30. The number of piperidine rings is 1. The van der Waals surface area contributed by atoms with Crippen molar-refractivity contribution in [2.45, 2.75) is 19.8 Å². The summed E-state index contributed by atoms with van der Waals surface area (Å²) in [6.45, 7) is 3.26. The van der Waals surface area contributed by atoms with Crippen molar-refractivity contribution in [3.63, 3.8) is 0 Å². The predicted octanol–water partition coefficient (Wildman–Crippen LogP) is 2.41. The fourth-order valence-corrected chi connectivity index (χ4v) is 2.88. The standard InChI is InChI=1S/C15H18INO4/c1-10-3-2-6-17(8-10)14(19)9-21-15(20)12-7-11(16)4-5-13(12)18/h4-5,7,10,18H,2-3,6,8-9H2,1H3. The van der Waals surface area contributed by atoms with E-state index >= 15 is 0 Å². The third-order valence-corrected chi connectivity index (χ3v) is 4.19. The van der Waals surface area contributed by atoms with Gasteiger partial charge in [0.05, 0.1) is 0 Å². The number of amides is 1. The van der Waals surface area contributed by atoms with Crippen molar-refractivity contribution < 1.29 is 19.4 Å². The van der Waals surface area contributed by atoms with Crippen LogP contribution in [0.5, 0.6) is 5.75 Å². The molecular weight excluding hydrogens is 385 g/mol. The highest BCUT2D eigenvalue weighted by molar-refractivity contribution is 14.1. The molecule has 0 aromatic heterocycles. The molecular formula is C15H18INO4. The number of carbonyl (C=O) groups is 2. The van der Waals surface area contributed by atoms with Gasteiger partial charge in [-0.3, -0.25) is 4.79 Å². The van der Waals surface area contributed by atoms with Crippen molar-refractivity contribution in [3.8, 4) is 5.75 Å². The maximum atomic E-state index is 12.0. The molecule has 0 bridgehead atoms. The average Bonchev–Trinajstić information content (AvgIpc) is 2.47. The van der Waals surface area contributed by atoms with E-state index in [-0.39, 0.29) is 23.8 Å². The van der Waals surface area contributed by atoms with E-state index in [9.17, 15) is 14.7 Å². The van der Waals surface area contributed by atoms with Crippen molar-refractivity contribution >= 4 is 34.5 Å². The topological polar surface area (TPSA) is 66.8 Å². The van der Waals surface area contributed by atoms with Gasteiger partial charge >= 0.3 is 5.97 Å². The van der Waals surface area contributed by atoms with Crippen molar-refractivity contribution in [1.29, 1.82) is 0 Å². The maximum Gasteiger partial charge on any atom is 0.342 e. The van der Waals surface area contributed by atoms with Crippen molar-refractivity contribution in [2.75, 3.05) is 19.7 Å². The summed E-state index contributed by atoms with van der Waals surface area (Å²) in [5.41, 5.74) is 0.0849. The Labute approximate surface area is 137 Å². The number of hydrogen-bond acceptors (Lipinski definition) is 4. The first-order chi connectivity index (χ1) is 9.97. The first-order valence-electron chi connectivity index (χ1n) is 6.91. The molecule has 1 aromatic carbocycles. The van der Waals surface area contributed by atoms with Crippen LogP contribution in [0, 0.1) is 9.49 Å². The Morgan fingerprint density at radius 1 is 1.48 bits per heavy atom. The van der Waals surface area contributed by atoms with E-state index in [4.69, 9.17) is 4.74 Å². The van der Waals surface area contributed by atoms with Gasteiger partial charge in [0.2, 0.25) is 0 Å². The SMILES string of the molecule is CC1CCCN(C(=O)COC(=O)c2cc(I)ccc2O)C1. The summed E-state index contributed by atoms with van der Waals surface area (Å²) in [7, 11) is 0. The Kier molecular flexibility index (Phi) is 5.44. The number of hydrogen-bond donors (Lipinski definition) is 1. The lowest BCUT2D eigenvalue weighted by molar-refractivity contribution is -0.136. The van der Waals surface area contributed by atoms with Crippen LogP contribution in [0.15, 0.2) is 18.2 Å². The number of aromatic hydroxyl groups is 1. The van der Waals surface area contributed by atoms with Crippen LogP contribution in [-0.2, 0) is 9.53 Å². The van der Waals surface area contributed by atoms with E-state index < -0.39 is 5.97 Å². The Morgan fingerprint density at radius 2 is 2.24 bits per heavy atom. The van der Waals surface area contributed by atoms with Crippen LogP contribution >= 0.6 is 22.6 Å². The molecule has 2 rings (SSSR count). The number of rotatable bonds is 3. The van der Waals surface area contributed by atoms with Crippen molar-refractivity contribution in [2.24, 2.45) is 5.92 Å². The van der Waals surface area contributed by atoms with Crippen LogP contribution in [0.4, 0.5) is 0 Å². The number of esters is 1. The second-order valence-corrected chi connectivity index (χ2v) is 6.57. The smallest absolute Gasteiger partial charge is 0.342 e. The number of benzene rings is 1. The molecule has 0 spiro atoms. The van der Waals surface area contributed by atoms with Crippen LogP contribution in [0.1, 0.15) is 30.1 Å². The lowest BCUT2D eigenvalue weighted by atomic mass is 10.0. The van der Waals surface area contributed by atoms with Gasteiger partial charge in [-0.25, -0.2) is 4.79 Å². The third kappa shape index (κ3) is 4.33. The van der Waals surface area contributed by atoms with Crippen LogP contribution in [-0.4, -0.2) is 41.6 Å². The molecule has 21 heavy (non-hydrogen) atoms. The Bertz CT molecular complexity index is 546. The lowest BCUT2D eigenvalue weighted by Crippen LogP contribution is -2.41. The monoisotopic (exact) mass is 403 g/mol. The first-order valence-corrected chi connectivity index (χ1v) is 7.98. The van der Waals surface area contributed by atoms with Gasteiger partial charge in [0.25, 0.3) is 5.91 Å². The zero-order chi connectivity index (χ0) is 15.4. The molecule has 5 nitrogen and oxygen atoms in total. The minimum atomic E-state index is -0.676. The molecule has 0 saturated carbocycles. The molecule has 114 valence electrons. The van der Waals surface area contributed by atoms with Gasteiger partial charge in [0, 0.05) is 16.7 Å². The second kappa shape index (κ2) is 7.11. The number of likely N-dealkylation sites (tertiary alicyclic amines) is 1. The molecule has 1 aliphatic heterocycles. The van der Waals surface area contributed by atoms with Crippen LogP contribution in [0.2, 0.25) is 0 Å². The zero-order valence-electron chi connectivity index (χ0n) is 11.8. The summed E-state index contributed by atoms with van der Waals surface area (Å²) in [5, 5.41) is 9.65. The second-order valence-electron chi connectivity index (χ2n) is 5.32. The van der Waals surface area contributed by atoms with Crippen LogP contribution < -0.4 is 0 Å². The number of phenolic OH excluding ortho intramolecular Hbond substituents is 1. The van der Waals surface area contributed by atoms with E-state index in [1.165, 1.54) is 12.1 Å². The summed E-state index contributed by atoms with van der Waals surface area (Å²) in [6, 6.07) is 4.66. The fraction of sp³-hybridized carbons (Fsp3) is 0.467. The van der Waals surface area contributed by atoms with Crippen molar-refractivity contribution in [1.82, 2.24) is 4.90 Å². The summed E-state index contributed by atoms with van der Waals surface area (Å²) in [4.78, 5) is 25.7. The number of carbonyl (C=O) groups excluding carboxylic acids is 2. The minimum absolute atomic E-state index is 0.0849. The van der Waals surface area contributed by atoms with E-state index in [2.05, 4.69) is 6.92 Å². The minimum Gasteiger partial charge on any atom is -0.507 e. The normalized spacial score (nSPS) is 18.4.